The van der Waals surface area contributed by atoms with E-state index in [-0.39, 0.29) is 0 Å². The van der Waals surface area contributed by atoms with E-state index in [4.69, 9.17) is 5.11 Å². The Kier molecular flexibility index (Phi) is 3.34. The van der Waals surface area contributed by atoms with Gasteiger partial charge in [-0.05, 0) is 13.0 Å². The maximum atomic E-state index is 9.67. The summed E-state index contributed by atoms with van der Waals surface area (Å²) in [5.74, 6) is 3.14. The summed E-state index contributed by atoms with van der Waals surface area (Å²) in [4.78, 5) is 9.67. The van der Waals surface area contributed by atoms with Gasteiger partial charge in [-0.25, -0.2) is 4.79 Å². The molecular weight excluding hydrogens is 104 g/mol. The number of aliphatic carboxylic acids is 1. The largest absolute Gasteiger partial charge is 0.472 e. The van der Waals surface area contributed by atoms with Crippen LogP contribution in [0.25, 0.3) is 0 Å². The number of carbonyl (C=O) groups is 1. The van der Waals surface area contributed by atoms with Gasteiger partial charge in [-0.2, -0.15) is 0 Å². The van der Waals surface area contributed by atoms with Gasteiger partial charge in [-0.15, -0.1) is 0 Å². The second-order valence-electron chi connectivity index (χ2n) is 1.07. The molecule has 0 heterocycles. The zero-order valence-corrected chi connectivity index (χ0v) is 4.51. The normalized spacial score (nSPS) is 8.12. The van der Waals surface area contributed by atoms with Gasteiger partial charge >= 0.3 is 5.97 Å². The molecule has 2 nitrogen and oxygen atoms in total. The zero-order valence-electron chi connectivity index (χ0n) is 4.51. The predicted octanol–water partition coefficient (Wildman–Crippen LogP) is 0.650. The van der Waals surface area contributed by atoms with Crippen LogP contribution in [0.4, 0.5) is 0 Å². The van der Waals surface area contributed by atoms with Crippen molar-refractivity contribution in [2.75, 3.05) is 0 Å². The Bertz CT molecular complexity index is 157. The second kappa shape index (κ2) is 3.94. The van der Waals surface area contributed by atoms with E-state index in [1.54, 1.807) is 13.0 Å². The minimum absolute atomic E-state index is 1.09. The van der Waals surface area contributed by atoms with Crippen LogP contribution in [0.5, 0.6) is 0 Å². The molecule has 0 aromatic heterocycles. The first-order valence-electron chi connectivity index (χ1n) is 2.13. The fraction of sp³-hybridized carbons (Fsp3) is 0.167. The third-order valence-electron chi connectivity index (χ3n) is 0.429. The number of allylic oxidation sites excluding steroid dienone is 2. The molecule has 8 heavy (non-hydrogen) atoms. The van der Waals surface area contributed by atoms with Crippen molar-refractivity contribution >= 4 is 5.97 Å². The summed E-state index contributed by atoms with van der Waals surface area (Å²) < 4.78 is 0. The van der Waals surface area contributed by atoms with Gasteiger partial charge in [0.1, 0.15) is 0 Å². The average Bonchev–Trinajstić information content (AvgIpc) is 1.66. The van der Waals surface area contributed by atoms with Crippen molar-refractivity contribution in [2.24, 2.45) is 0 Å². The van der Waals surface area contributed by atoms with E-state index in [9.17, 15) is 4.79 Å². The first-order valence-corrected chi connectivity index (χ1v) is 2.13. The third kappa shape index (κ3) is 4.77. The van der Waals surface area contributed by atoms with Crippen molar-refractivity contribution in [3.05, 3.63) is 12.2 Å². The summed E-state index contributed by atoms with van der Waals surface area (Å²) >= 11 is 0. The molecule has 0 radical (unpaired) electrons. The average molecular weight is 110 g/mol. The molecular formula is C6H6O2. The number of rotatable bonds is 0. The summed E-state index contributed by atoms with van der Waals surface area (Å²) in [6, 6.07) is 0. The van der Waals surface area contributed by atoms with Crippen LogP contribution in [0.2, 0.25) is 0 Å². The molecule has 0 saturated carbocycles. The summed E-state index contributed by atoms with van der Waals surface area (Å²) in [5, 5.41) is 7.93. The van der Waals surface area contributed by atoms with Crippen LogP contribution in [0.3, 0.4) is 0 Å². The second-order valence-corrected chi connectivity index (χ2v) is 1.07. The van der Waals surface area contributed by atoms with Gasteiger partial charge in [-0.3, -0.25) is 0 Å². The van der Waals surface area contributed by atoms with Crippen LogP contribution in [-0.2, 0) is 4.79 Å². The third-order valence-corrected chi connectivity index (χ3v) is 0.429. The fourth-order valence-corrected chi connectivity index (χ4v) is 0.187. The molecule has 0 amide bonds. The Balaban J connectivity index is 3.68. The highest BCUT2D eigenvalue weighted by Gasteiger charge is 1.77. The quantitative estimate of drug-likeness (QED) is 0.465. The molecule has 0 bridgehead atoms. The van der Waals surface area contributed by atoms with E-state index in [2.05, 4.69) is 5.92 Å². The summed E-state index contributed by atoms with van der Waals surface area (Å²) in [6.45, 7) is 1.77. The minimum Gasteiger partial charge on any atom is -0.472 e. The van der Waals surface area contributed by atoms with Gasteiger partial charge in [0.25, 0.3) is 0 Å². The van der Waals surface area contributed by atoms with Gasteiger partial charge in [0.2, 0.25) is 0 Å². The minimum atomic E-state index is -1.09. The molecule has 0 unspecified atom stereocenters. The van der Waals surface area contributed by atoms with Crippen LogP contribution in [0.1, 0.15) is 6.92 Å². The van der Waals surface area contributed by atoms with Gasteiger partial charge in [0.05, 0.1) is 0 Å². The van der Waals surface area contributed by atoms with Crippen molar-refractivity contribution in [3.8, 4) is 11.8 Å². The molecule has 0 aliphatic carbocycles. The first-order chi connectivity index (χ1) is 3.77. The van der Waals surface area contributed by atoms with Crippen molar-refractivity contribution in [2.45, 2.75) is 6.92 Å². The number of carboxylic acids is 1. The number of hydrogen-bond donors (Lipinski definition) is 1. The molecule has 0 aliphatic rings. The Morgan fingerprint density at radius 1 is 1.75 bits per heavy atom. The number of hydrogen-bond acceptors (Lipinski definition) is 1. The molecule has 0 aromatic carbocycles. The summed E-state index contributed by atoms with van der Waals surface area (Å²) in [5.41, 5.74) is 0. The van der Waals surface area contributed by atoms with Crippen LogP contribution in [0, 0.1) is 11.8 Å². The lowest BCUT2D eigenvalue weighted by atomic mass is 10.5. The van der Waals surface area contributed by atoms with E-state index in [1.807, 2.05) is 5.92 Å². The Labute approximate surface area is 47.8 Å². The van der Waals surface area contributed by atoms with Crippen LogP contribution in [-0.4, -0.2) is 11.1 Å². The highest BCUT2D eigenvalue weighted by Crippen LogP contribution is 1.64. The lowest BCUT2D eigenvalue weighted by molar-refractivity contribution is -0.130. The lowest BCUT2D eigenvalue weighted by Crippen LogP contribution is -1.85. The predicted molar refractivity (Wildman–Crippen MR) is 30.2 cm³/mol. The van der Waals surface area contributed by atoms with Crippen molar-refractivity contribution in [1.29, 1.82) is 0 Å². The molecule has 0 rings (SSSR count). The van der Waals surface area contributed by atoms with E-state index >= 15 is 0 Å². The summed E-state index contributed by atoms with van der Waals surface area (Å²) in [7, 11) is 0. The smallest absolute Gasteiger partial charge is 0.382 e. The maximum Gasteiger partial charge on any atom is 0.382 e. The molecule has 1 N–H and O–H groups in total. The van der Waals surface area contributed by atoms with E-state index < -0.39 is 5.97 Å². The Morgan fingerprint density at radius 3 is 2.75 bits per heavy atom. The first kappa shape index (κ1) is 6.77. The standard InChI is InChI=1S/C6H6O2/c1-2-3-4-5-6(7)8/h2-3H,1H3,(H,7,8)/b3-2+. The fourth-order valence-electron chi connectivity index (χ4n) is 0.187. The van der Waals surface area contributed by atoms with Crippen LogP contribution in [0.15, 0.2) is 12.2 Å². The SMILES string of the molecule is C/C=C/C#CC(=O)O. The highest BCUT2D eigenvalue weighted by molar-refractivity contribution is 5.86. The molecule has 0 aromatic rings. The molecule has 0 saturated heterocycles. The van der Waals surface area contributed by atoms with Crippen molar-refractivity contribution in [1.82, 2.24) is 0 Å². The molecule has 2 heteroatoms. The molecule has 0 spiro atoms. The molecule has 0 aliphatic heterocycles. The molecule has 42 valence electrons. The van der Waals surface area contributed by atoms with Crippen molar-refractivity contribution < 1.29 is 9.90 Å². The lowest BCUT2D eigenvalue weighted by Gasteiger charge is -1.65. The number of carboxylic acid groups (broad SMARTS) is 1. The van der Waals surface area contributed by atoms with Crippen LogP contribution >= 0.6 is 0 Å². The molecule has 0 fully saturated rings. The van der Waals surface area contributed by atoms with E-state index in [0.717, 1.165) is 0 Å². The van der Waals surface area contributed by atoms with Gasteiger partial charge in [0.15, 0.2) is 0 Å². The maximum absolute atomic E-state index is 9.67. The topological polar surface area (TPSA) is 37.3 Å². The monoisotopic (exact) mass is 110 g/mol. The van der Waals surface area contributed by atoms with E-state index in [0.29, 0.717) is 0 Å². The Hall–Kier alpha value is -1.23. The van der Waals surface area contributed by atoms with Gasteiger partial charge in [0, 0.05) is 5.92 Å². The van der Waals surface area contributed by atoms with Gasteiger partial charge < -0.3 is 5.11 Å². The zero-order chi connectivity index (χ0) is 6.41. The van der Waals surface area contributed by atoms with Crippen LogP contribution < -0.4 is 0 Å². The Morgan fingerprint density at radius 2 is 2.38 bits per heavy atom. The van der Waals surface area contributed by atoms with Gasteiger partial charge in [-0.1, -0.05) is 12.0 Å². The van der Waals surface area contributed by atoms with E-state index in [1.165, 1.54) is 6.08 Å². The highest BCUT2D eigenvalue weighted by atomic mass is 16.4. The van der Waals surface area contributed by atoms with Crippen molar-refractivity contribution in [3.63, 3.8) is 0 Å². The molecule has 0 atom stereocenters. The summed E-state index contributed by atoms with van der Waals surface area (Å²) in [6.07, 6.45) is 3.16.